The van der Waals surface area contributed by atoms with Gasteiger partial charge in [-0.05, 0) is 29.6 Å². The van der Waals surface area contributed by atoms with E-state index >= 15 is 0 Å². The van der Waals surface area contributed by atoms with Gasteiger partial charge in [0.05, 0.1) is 12.7 Å². The minimum Gasteiger partial charge on any atom is -0.494 e. The summed E-state index contributed by atoms with van der Waals surface area (Å²) >= 11 is 1.59. The molecule has 0 aliphatic rings. The number of aromatic nitrogens is 2. The van der Waals surface area contributed by atoms with Crippen LogP contribution in [0.5, 0.6) is 5.75 Å². The maximum absolute atomic E-state index is 14.4. The molecule has 4 aromatic rings. The van der Waals surface area contributed by atoms with Crippen LogP contribution in [-0.2, 0) is 0 Å². The van der Waals surface area contributed by atoms with E-state index in [4.69, 9.17) is 4.74 Å². The summed E-state index contributed by atoms with van der Waals surface area (Å²) in [6.45, 7) is 0. The summed E-state index contributed by atoms with van der Waals surface area (Å²) < 4.78 is 19.4. The normalized spacial score (nSPS) is 11.0. The number of nitrogens with one attached hydrogen (secondary N) is 1. The van der Waals surface area contributed by atoms with Crippen molar-refractivity contribution < 1.29 is 13.9 Å². The largest absolute Gasteiger partial charge is 0.494 e. The van der Waals surface area contributed by atoms with Crippen LogP contribution in [0, 0.1) is 5.82 Å². The molecule has 0 amide bonds. The molecule has 0 radical (unpaired) electrons. The summed E-state index contributed by atoms with van der Waals surface area (Å²) in [5.41, 5.74) is 1.86. The van der Waals surface area contributed by atoms with E-state index in [9.17, 15) is 9.18 Å². The highest BCUT2D eigenvalue weighted by molar-refractivity contribution is 7.13. The van der Waals surface area contributed by atoms with Crippen molar-refractivity contribution >= 4 is 28.2 Å². The van der Waals surface area contributed by atoms with E-state index in [0.29, 0.717) is 16.6 Å². The zero-order valence-electron chi connectivity index (χ0n) is 13.2. The van der Waals surface area contributed by atoms with Gasteiger partial charge in [0.15, 0.2) is 17.3 Å². The number of ether oxygens (including phenoxy) is 1. The number of H-pyrrole nitrogens is 1. The lowest BCUT2D eigenvalue weighted by Crippen LogP contribution is -2.05. The number of fused-ring (bicyclic) bond motifs is 1. The van der Waals surface area contributed by atoms with Crippen LogP contribution in [0.3, 0.4) is 0 Å². The van der Waals surface area contributed by atoms with Crippen molar-refractivity contribution in [2.24, 2.45) is 0 Å². The predicted molar refractivity (Wildman–Crippen MR) is 95.8 cm³/mol. The molecule has 0 aliphatic carbocycles. The van der Waals surface area contributed by atoms with Crippen molar-refractivity contribution in [3.63, 3.8) is 0 Å². The molecule has 124 valence electrons. The number of aromatic amines is 1. The molecule has 4 rings (SSSR count). The number of rotatable bonds is 4. The molecule has 3 heterocycles. The van der Waals surface area contributed by atoms with E-state index in [2.05, 4.69) is 9.97 Å². The average molecular weight is 352 g/mol. The zero-order valence-corrected chi connectivity index (χ0v) is 14.1. The van der Waals surface area contributed by atoms with Crippen LogP contribution in [0.25, 0.3) is 21.5 Å². The molecule has 0 bridgehead atoms. The minimum absolute atomic E-state index is 0.0261. The summed E-state index contributed by atoms with van der Waals surface area (Å²) in [4.78, 5) is 21.3. The Kier molecular flexibility index (Phi) is 3.82. The molecule has 0 fully saturated rings. The van der Waals surface area contributed by atoms with Gasteiger partial charge in [0.1, 0.15) is 5.65 Å². The number of hydrogen-bond donors (Lipinski definition) is 1. The fraction of sp³-hybridized carbons (Fsp3) is 0.0526. The average Bonchev–Trinajstić information content (AvgIpc) is 3.30. The number of methoxy groups -OCH3 is 1. The molecule has 0 spiro atoms. The first-order valence-electron chi connectivity index (χ1n) is 7.57. The molecule has 6 heteroatoms. The summed E-state index contributed by atoms with van der Waals surface area (Å²) in [7, 11) is 1.37. The summed E-state index contributed by atoms with van der Waals surface area (Å²) in [5.74, 6) is -1.03. The number of thiophene rings is 1. The number of hydrogen-bond acceptors (Lipinski definition) is 4. The fourth-order valence-corrected chi connectivity index (χ4v) is 3.47. The quantitative estimate of drug-likeness (QED) is 0.543. The third-order valence-electron chi connectivity index (χ3n) is 4.01. The highest BCUT2D eigenvalue weighted by atomic mass is 32.1. The van der Waals surface area contributed by atoms with Crippen LogP contribution in [0.4, 0.5) is 4.39 Å². The second kappa shape index (κ2) is 6.14. The third kappa shape index (κ3) is 2.60. The lowest BCUT2D eigenvalue weighted by atomic mass is 10.0. The molecular formula is C19H13FN2O2S. The molecule has 1 N–H and O–H groups in total. The Hall–Kier alpha value is -2.99. The van der Waals surface area contributed by atoms with Crippen molar-refractivity contribution in [1.29, 1.82) is 0 Å². The zero-order chi connectivity index (χ0) is 17.4. The predicted octanol–water partition coefficient (Wildman–Crippen LogP) is 4.67. The van der Waals surface area contributed by atoms with E-state index < -0.39 is 11.6 Å². The Labute approximate surface area is 146 Å². The van der Waals surface area contributed by atoms with Gasteiger partial charge in [-0.2, -0.15) is 0 Å². The Morgan fingerprint density at radius 1 is 1.24 bits per heavy atom. The summed E-state index contributed by atoms with van der Waals surface area (Å²) in [5, 5.41) is 2.65. The number of benzene rings is 1. The molecule has 0 aliphatic heterocycles. The molecule has 3 aromatic heterocycles. The van der Waals surface area contributed by atoms with E-state index in [0.717, 1.165) is 10.4 Å². The van der Waals surface area contributed by atoms with Gasteiger partial charge in [-0.25, -0.2) is 9.37 Å². The van der Waals surface area contributed by atoms with E-state index in [1.165, 1.54) is 19.2 Å². The van der Waals surface area contributed by atoms with Crippen molar-refractivity contribution in [2.45, 2.75) is 0 Å². The van der Waals surface area contributed by atoms with E-state index in [-0.39, 0.29) is 11.3 Å². The highest BCUT2D eigenvalue weighted by Gasteiger charge is 2.20. The molecule has 4 nitrogen and oxygen atoms in total. The van der Waals surface area contributed by atoms with Crippen LogP contribution in [-0.4, -0.2) is 22.9 Å². The molecule has 0 unspecified atom stereocenters. The number of carbonyl (C=O) groups is 1. The van der Waals surface area contributed by atoms with Crippen molar-refractivity contribution in [1.82, 2.24) is 9.97 Å². The van der Waals surface area contributed by atoms with Gasteiger partial charge in [0.25, 0.3) is 0 Å². The topological polar surface area (TPSA) is 55.0 Å². The molecule has 25 heavy (non-hydrogen) atoms. The maximum Gasteiger partial charge on any atom is 0.198 e. The van der Waals surface area contributed by atoms with Gasteiger partial charge < -0.3 is 9.72 Å². The Bertz CT molecular complexity index is 1070. The first-order valence-corrected chi connectivity index (χ1v) is 8.45. The van der Waals surface area contributed by atoms with Crippen LogP contribution < -0.4 is 4.74 Å². The van der Waals surface area contributed by atoms with Gasteiger partial charge in [0, 0.05) is 33.8 Å². The first-order chi connectivity index (χ1) is 12.2. The lowest BCUT2D eigenvalue weighted by molar-refractivity contribution is 0.103. The van der Waals surface area contributed by atoms with Crippen LogP contribution in [0.2, 0.25) is 0 Å². The number of nitrogens with zero attached hydrogens (tertiary/aromatic N) is 1. The molecular weight excluding hydrogens is 339 g/mol. The van der Waals surface area contributed by atoms with E-state index in [1.54, 1.807) is 29.8 Å². The number of pyridine rings is 1. The Balaban J connectivity index is 1.84. The van der Waals surface area contributed by atoms with Gasteiger partial charge >= 0.3 is 0 Å². The Morgan fingerprint density at radius 3 is 2.88 bits per heavy atom. The van der Waals surface area contributed by atoms with Gasteiger partial charge in [-0.15, -0.1) is 11.3 Å². The first kappa shape index (κ1) is 15.5. The van der Waals surface area contributed by atoms with E-state index in [1.807, 2.05) is 23.6 Å². The second-order valence-corrected chi connectivity index (χ2v) is 6.40. The van der Waals surface area contributed by atoms with Gasteiger partial charge in [0.2, 0.25) is 0 Å². The second-order valence-electron chi connectivity index (χ2n) is 5.45. The maximum atomic E-state index is 14.4. The molecule has 1 aromatic carbocycles. The monoisotopic (exact) mass is 352 g/mol. The van der Waals surface area contributed by atoms with Gasteiger partial charge in [-0.3, -0.25) is 4.79 Å². The number of halogens is 1. The Morgan fingerprint density at radius 2 is 2.12 bits per heavy atom. The fourth-order valence-electron chi connectivity index (χ4n) is 2.76. The summed E-state index contributed by atoms with van der Waals surface area (Å²) in [6, 6.07) is 10.4. The lowest BCUT2D eigenvalue weighted by Gasteiger charge is -2.06. The standard InChI is InChI=1S/C19H13FN2O2S/c1-24-15-5-2-4-12(17(15)20)18(23)14-10-22-19-13(14)8-11(9-21-19)16-6-3-7-25-16/h2-10H,1H3,(H,21,22). The molecule has 0 saturated carbocycles. The van der Waals surface area contributed by atoms with Crippen molar-refractivity contribution in [3.8, 4) is 16.2 Å². The van der Waals surface area contributed by atoms with Gasteiger partial charge in [-0.1, -0.05) is 12.1 Å². The van der Waals surface area contributed by atoms with Crippen molar-refractivity contribution in [2.75, 3.05) is 7.11 Å². The smallest absolute Gasteiger partial charge is 0.198 e. The SMILES string of the molecule is COc1cccc(C(=O)c2c[nH]c3ncc(-c4cccs4)cc23)c1F. The molecule has 0 saturated heterocycles. The molecule has 0 atom stereocenters. The summed E-state index contributed by atoms with van der Waals surface area (Å²) in [6.07, 6.45) is 3.32. The van der Waals surface area contributed by atoms with Crippen LogP contribution in [0.1, 0.15) is 15.9 Å². The number of ketones is 1. The van der Waals surface area contributed by atoms with Crippen LogP contribution >= 0.6 is 11.3 Å². The van der Waals surface area contributed by atoms with Crippen molar-refractivity contribution in [3.05, 3.63) is 71.1 Å². The van der Waals surface area contributed by atoms with Crippen LogP contribution in [0.15, 0.2) is 54.2 Å². The number of carbonyl (C=O) groups excluding carboxylic acids is 1. The highest BCUT2D eigenvalue weighted by Crippen LogP contribution is 2.30. The minimum atomic E-state index is -0.660. The third-order valence-corrected chi connectivity index (χ3v) is 4.93.